The Bertz CT molecular complexity index is 793. The maximum absolute atomic E-state index is 12.7. The van der Waals surface area contributed by atoms with Gasteiger partial charge in [-0.25, -0.2) is 10.4 Å². The first-order chi connectivity index (χ1) is 11.4. The van der Waals surface area contributed by atoms with Gasteiger partial charge >= 0.3 is 6.18 Å². The molecule has 6 nitrogen and oxygen atoms in total. The third-order valence-electron chi connectivity index (χ3n) is 3.45. The summed E-state index contributed by atoms with van der Waals surface area (Å²) in [6, 6.07) is 6.54. The summed E-state index contributed by atoms with van der Waals surface area (Å²) in [6.45, 7) is 0.546. The molecule has 1 aromatic heterocycles. The van der Waals surface area contributed by atoms with Crippen LogP contribution in [0.15, 0.2) is 30.3 Å². The van der Waals surface area contributed by atoms with E-state index in [-0.39, 0.29) is 5.69 Å². The minimum Gasteiger partial charge on any atom is -0.494 e. The summed E-state index contributed by atoms with van der Waals surface area (Å²) in [5.74, 6) is -0.372. The van der Waals surface area contributed by atoms with Crippen molar-refractivity contribution in [3.8, 4) is 5.75 Å². The Kier molecular flexibility index (Phi) is 4.02. The van der Waals surface area contributed by atoms with Crippen LogP contribution in [0, 0.1) is 0 Å². The third kappa shape index (κ3) is 3.11. The number of rotatable bonds is 3. The standard InChI is InChI=1S/C15H13F3N4O2/c1-24-12-6-10-8(7-19-22-10)5-11(12)21-14(23)9-3-2-4-13(20-9)15(16,17)18/h2-6,19,22H,7H2,1H3,(H,21,23). The fourth-order valence-electron chi connectivity index (χ4n) is 2.29. The zero-order valence-electron chi connectivity index (χ0n) is 12.5. The van der Waals surface area contributed by atoms with Crippen LogP contribution in [-0.4, -0.2) is 18.0 Å². The molecule has 0 saturated carbocycles. The number of carbonyl (C=O) groups excluding carboxylic acids is 1. The predicted molar refractivity (Wildman–Crippen MR) is 80.6 cm³/mol. The molecule has 3 N–H and O–H groups in total. The molecule has 1 aromatic carbocycles. The highest BCUT2D eigenvalue weighted by molar-refractivity contribution is 6.04. The average Bonchev–Trinajstić information content (AvgIpc) is 3.00. The van der Waals surface area contributed by atoms with Crippen LogP contribution in [0.2, 0.25) is 0 Å². The van der Waals surface area contributed by atoms with Gasteiger partial charge in [-0.3, -0.25) is 4.79 Å². The molecule has 3 rings (SSSR count). The molecule has 126 valence electrons. The van der Waals surface area contributed by atoms with Crippen molar-refractivity contribution in [1.29, 1.82) is 0 Å². The largest absolute Gasteiger partial charge is 0.494 e. The summed E-state index contributed by atoms with van der Waals surface area (Å²) in [5.41, 5.74) is 6.45. The van der Waals surface area contributed by atoms with Gasteiger partial charge in [0.15, 0.2) is 0 Å². The molecule has 0 bridgehead atoms. The highest BCUT2D eigenvalue weighted by Crippen LogP contribution is 2.33. The van der Waals surface area contributed by atoms with E-state index in [9.17, 15) is 18.0 Å². The number of nitrogens with one attached hydrogen (secondary N) is 3. The first kappa shape index (κ1) is 16.1. The van der Waals surface area contributed by atoms with Crippen molar-refractivity contribution in [2.24, 2.45) is 0 Å². The summed E-state index contributed by atoms with van der Waals surface area (Å²) < 4.78 is 43.3. The smallest absolute Gasteiger partial charge is 0.433 e. The van der Waals surface area contributed by atoms with Gasteiger partial charge in [0.2, 0.25) is 0 Å². The molecule has 0 spiro atoms. The van der Waals surface area contributed by atoms with Crippen molar-refractivity contribution in [3.05, 3.63) is 47.3 Å². The van der Waals surface area contributed by atoms with Gasteiger partial charge in [-0.1, -0.05) is 6.07 Å². The van der Waals surface area contributed by atoms with E-state index in [2.05, 4.69) is 21.2 Å². The van der Waals surface area contributed by atoms with Gasteiger partial charge in [0.05, 0.1) is 18.5 Å². The number of pyridine rings is 1. The number of hydrogen-bond acceptors (Lipinski definition) is 5. The van der Waals surface area contributed by atoms with E-state index in [1.165, 1.54) is 13.2 Å². The first-order valence-corrected chi connectivity index (χ1v) is 6.94. The lowest BCUT2D eigenvalue weighted by molar-refractivity contribution is -0.141. The number of fused-ring (bicyclic) bond motifs is 1. The van der Waals surface area contributed by atoms with Gasteiger partial charge < -0.3 is 15.5 Å². The van der Waals surface area contributed by atoms with Crippen LogP contribution in [0.1, 0.15) is 21.7 Å². The fraction of sp³-hybridized carbons (Fsp3) is 0.200. The van der Waals surface area contributed by atoms with Crippen molar-refractivity contribution in [2.75, 3.05) is 17.9 Å². The van der Waals surface area contributed by atoms with Gasteiger partial charge in [0.25, 0.3) is 5.91 Å². The molecule has 1 aliphatic heterocycles. The summed E-state index contributed by atoms with van der Waals surface area (Å²) >= 11 is 0. The maximum atomic E-state index is 12.7. The lowest BCUT2D eigenvalue weighted by Crippen LogP contribution is -2.17. The summed E-state index contributed by atoms with van der Waals surface area (Å²) in [7, 11) is 1.43. The number of aromatic nitrogens is 1. The lowest BCUT2D eigenvalue weighted by atomic mass is 10.1. The number of nitrogens with zero attached hydrogens (tertiary/aromatic N) is 1. The molecule has 2 aromatic rings. The van der Waals surface area contributed by atoms with E-state index in [0.29, 0.717) is 18.0 Å². The number of hydrazine groups is 1. The number of anilines is 2. The van der Waals surface area contributed by atoms with Gasteiger partial charge in [-0.05, 0) is 23.8 Å². The SMILES string of the molecule is COc1cc2c(cc1NC(=O)c1cccc(C(F)(F)F)n1)CNN2. The average molecular weight is 338 g/mol. The number of benzene rings is 1. The Morgan fingerprint density at radius 3 is 2.83 bits per heavy atom. The zero-order valence-corrected chi connectivity index (χ0v) is 12.5. The van der Waals surface area contributed by atoms with Crippen LogP contribution in [0.25, 0.3) is 0 Å². The molecule has 0 saturated heterocycles. The number of hydrogen-bond donors (Lipinski definition) is 3. The van der Waals surface area contributed by atoms with Crippen molar-refractivity contribution in [1.82, 2.24) is 10.4 Å². The molecule has 2 heterocycles. The molecule has 0 radical (unpaired) electrons. The highest BCUT2D eigenvalue weighted by Gasteiger charge is 2.33. The number of carbonyl (C=O) groups is 1. The van der Waals surface area contributed by atoms with Crippen molar-refractivity contribution >= 4 is 17.3 Å². The molecule has 24 heavy (non-hydrogen) atoms. The fourth-order valence-corrected chi connectivity index (χ4v) is 2.29. The van der Waals surface area contributed by atoms with E-state index < -0.39 is 17.8 Å². The maximum Gasteiger partial charge on any atom is 0.433 e. The van der Waals surface area contributed by atoms with Crippen LogP contribution in [0.4, 0.5) is 24.5 Å². The normalized spacial score (nSPS) is 13.2. The van der Waals surface area contributed by atoms with Crippen molar-refractivity contribution in [2.45, 2.75) is 12.7 Å². The number of alkyl halides is 3. The summed E-state index contributed by atoms with van der Waals surface area (Å²) in [5, 5.41) is 2.54. The first-order valence-electron chi connectivity index (χ1n) is 6.94. The minimum absolute atomic E-state index is 0.330. The molecule has 9 heteroatoms. The molecule has 0 aliphatic carbocycles. The van der Waals surface area contributed by atoms with Gasteiger partial charge in [0, 0.05) is 12.6 Å². The molecular formula is C15H13F3N4O2. The predicted octanol–water partition coefficient (Wildman–Crippen LogP) is 2.79. The quantitative estimate of drug-likeness (QED) is 0.802. The van der Waals surface area contributed by atoms with E-state index in [0.717, 1.165) is 23.4 Å². The molecule has 1 amide bonds. The van der Waals surface area contributed by atoms with Crippen LogP contribution in [0.5, 0.6) is 5.75 Å². The second-order valence-corrected chi connectivity index (χ2v) is 5.05. The topological polar surface area (TPSA) is 75.3 Å². The summed E-state index contributed by atoms with van der Waals surface area (Å²) in [4.78, 5) is 15.6. The monoisotopic (exact) mass is 338 g/mol. The molecule has 0 unspecified atom stereocenters. The van der Waals surface area contributed by atoms with Gasteiger partial charge in [0.1, 0.15) is 17.1 Å². The Hall–Kier alpha value is -2.81. The van der Waals surface area contributed by atoms with Crippen LogP contribution in [-0.2, 0) is 12.7 Å². The zero-order chi connectivity index (χ0) is 17.3. The third-order valence-corrected chi connectivity index (χ3v) is 3.45. The number of methoxy groups -OCH3 is 1. The highest BCUT2D eigenvalue weighted by atomic mass is 19.4. The Labute approximate surface area is 135 Å². The number of ether oxygens (including phenoxy) is 1. The Balaban J connectivity index is 1.88. The van der Waals surface area contributed by atoms with E-state index in [1.807, 2.05) is 0 Å². The molecule has 0 atom stereocenters. The second kappa shape index (κ2) is 6.00. The molecular weight excluding hydrogens is 325 g/mol. The second-order valence-electron chi connectivity index (χ2n) is 5.05. The van der Waals surface area contributed by atoms with E-state index in [4.69, 9.17) is 4.74 Å². The van der Waals surface area contributed by atoms with Gasteiger partial charge in [-0.15, -0.1) is 0 Å². The number of amides is 1. The summed E-state index contributed by atoms with van der Waals surface area (Å²) in [6.07, 6.45) is -4.61. The lowest BCUT2D eigenvalue weighted by Gasteiger charge is -2.12. The molecule has 1 aliphatic rings. The minimum atomic E-state index is -4.61. The van der Waals surface area contributed by atoms with Crippen LogP contribution in [0.3, 0.4) is 0 Å². The van der Waals surface area contributed by atoms with Gasteiger partial charge in [-0.2, -0.15) is 13.2 Å². The van der Waals surface area contributed by atoms with E-state index >= 15 is 0 Å². The van der Waals surface area contributed by atoms with Crippen molar-refractivity contribution < 1.29 is 22.7 Å². The number of halogens is 3. The Morgan fingerprint density at radius 2 is 2.12 bits per heavy atom. The van der Waals surface area contributed by atoms with Crippen LogP contribution < -0.4 is 20.9 Å². The van der Waals surface area contributed by atoms with Crippen molar-refractivity contribution in [3.63, 3.8) is 0 Å². The molecule has 0 fully saturated rings. The Morgan fingerprint density at radius 1 is 1.33 bits per heavy atom. The van der Waals surface area contributed by atoms with Crippen LogP contribution >= 0.6 is 0 Å². The van der Waals surface area contributed by atoms with E-state index in [1.54, 1.807) is 12.1 Å².